The van der Waals surface area contributed by atoms with Crippen LogP contribution < -0.4 is 0 Å². The van der Waals surface area contributed by atoms with Crippen LogP contribution >= 0.6 is 11.8 Å². The third-order valence-electron chi connectivity index (χ3n) is 3.27. The van der Waals surface area contributed by atoms with Crippen LogP contribution in [0.5, 0.6) is 0 Å². The monoisotopic (exact) mass is 289 g/mol. The second-order valence-electron chi connectivity index (χ2n) is 4.86. The van der Waals surface area contributed by atoms with Crippen LogP contribution in [0.15, 0.2) is 35.7 Å². The number of carbonyl (C=O) groups is 1. The number of rotatable bonds is 3. The van der Waals surface area contributed by atoms with Gasteiger partial charge in [-0.1, -0.05) is 30.0 Å². The number of ether oxygens (including phenoxy) is 1. The Kier molecular flexibility index (Phi) is 3.48. The summed E-state index contributed by atoms with van der Waals surface area (Å²) in [6.07, 6.45) is 2.37. The SMILES string of the molecule is Cc1ccccc1-n1cnnc1S[C@@H]1C[C@@H](C)OC1=O. The molecule has 1 aliphatic rings. The van der Waals surface area contributed by atoms with Gasteiger partial charge in [0.1, 0.15) is 17.7 Å². The van der Waals surface area contributed by atoms with E-state index in [4.69, 9.17) is 4.74 Å². The second-order valence-corrected chi connectivity index (χ2v) is 6.03. The number of aryl methyl sites for hydroxylation is 1. The van der Waals surface area contributed by atoms with E-state index in [-0.39, 0.29) is 17.3 Å². The molecule has 6 heteroatoms. The van der Waals surface area contributed by atoms with Gasteiger partial charge in [0.05, 0.1) is 5.69 Å². The highest BCUT2D eigenvalue weighted by atomic mass is 32.2. The molecule has 104 valence electrons. The maximum absolute atomic E-state index is 11.7. The topological polar surface area (TPSA) is 57.0 Å². The molecular formula is C14H15N3O2S. The van der Waals surface area contributed by atoms with Crippen molar-refractivity contribution in [3.05, 3.63) is 36.2 Å². The predicted octanol–water partition coefficient (Wildman–Crippen LogP) is 2.37. The number of benzene rings is 1. The molecule has 2 atom stereocenters. The molecule has 0 bridgehead atoms. The molecule has 1 aromatic carbocycles. The number of hydrogen-bond acceptors (Lipinski definition) is 5. The smallest absolute Gasteiger partial charge is 0.319 e. The van der Waals surface area contributed by atoms with Crippen molar-refractivity contribution in [3.63, 3.8) is 0 Å². The normalized spacial score (nSPS) is 22.0. The fourth-order valence-electron chi connectivity index (χ4n) is 2.25. The second kappa shape index (κ2) is 5.28. The minimum atomic E-state index is -0.197. The van der Waals surface area contributed by atoms with Crippen molar-refractivity contribution in [3.8, 4) is 5.69 Å². The number of para-hydroxylation sites is 1. The first kappa shape index (κ1) is 13.2. The van der Waals surface area contributed by atoms with E-state index in [1.54, 1.807) is 6.33 Å². The quantitative estimate of drug-likeness (QED) is 0.812. The van der Waals surface area contributed by atoms with Gasteiger partial charge in [-0.05, 0) is 25.5 Å². The molecule has 5 nitrogen and oxygen atoms in total. The van der Waals surface area contributed by atoms with Crippen LogP contribution in [-0.4, -0.2) is 32.1 Å². The molecule has 0 aliphatic carbocycles. The first-order chi connectivity index (χ1) is 9.65. The predicted molar refractivity (Wildman–Crippen MR) is 75.9 cm³/mol. The Morgan fingerprint density at radius 3 is 2.90 bits per heavy atom. The van der Waals surface area contributed by atoms with Crippen molar-refractivity contribution in [2.75, 3.05) is 0 Å². The average molecular weight is 289 g/mol. The maximum atomic E-state index is 11.7. The van der Waals surface area contributed by atoms with Crippen molar-refractivity contribution in [1.29, 1.82) is 0 Å². The molecule has 1 fully saturated rings. The third-order valence-corrected chi connectivity index (χ3v) is 4.42. The first-order valence-corrected chi connectivity index (χ1v) is 7.36. The van der Waals surface area contributed by atoms with Crippen LogP contribution in [0.1, 0.15) is 18.9 Å². The largest absolute Gasteiger partial charge is 0.462 e. The van der Waals surface area contributed by atoms with Crippen molar-refractivity contribution in [2.45, 2.75) is 36.8 Å². The summed E-state index contributed by atoms with van der Waals surface area (Å²) >= 11 is 1.41. The van der Waals surface area contributed by atoms with Gasteiger partial charge in [-0.3, -0.25) is 9.36 Å². The standard InChI is InChI=1S/C14H15N3O2S/c1-9-5-3-4-6-11(9)17-8-15-16-14(17)20-12-7-10(2)19-13(12)18/h3-6,8,10,12H,7H2,1-2H3/t10-,12-/m1/s1. The van der Waals surface area contributed by atoms with Gasteiger partial charge in [-0.15, -0.1) is 10.2 Å². The molecule has 20 heavy (non-hydrogen) atoms. The van der Waals surface area contributed by atoms with Gasteiger partial charge in [-0.2, -0.15) is 0 Å². The van der Waals surface area contributed by atoms with Gasteiger partial charge in [0.2, 0.25) is 0 Å². The van der Waals surface area contributed by atoms with Crippen LogP contribution in [0.3, 0.4) is 0 Å². The van der Waals surface area contributed by atoms with Crippen LogP contribution in [0.2, 0.25) is 0 Å². The Hall–Kier alpha value is -1.82. The number of carbonyl (C=O) groups excluding carboxylic acids is 1. The zero-order chi connectivity index (χ0) is 14.1. The lowest BCUT2D eigenvalue weighted by Gasteiger charge is -2.10. The summed E-state index contributed by atoms with van der Waals surface area (Å²) in [4.78, 5) is 11.7. The number of aromatic nitrogens is 3. The Morgan fingerprint density at radius 2 is 2.20 bits per heavy atom. The summed E-state index contributed by atoms with van der Waals surface area (Å²) in [7, 11) is 0. The molecule has 3 rings (SSSR count). The zero-order valence-electron chi connectivity index (χ0n) is 11.3. The van der Waals surface area contributed by atoms with Gasteiger partial charge in [0.15, 0.2) is 5.16 Å². The average Bonchev–Trinajstić information content (AvgIpc) is 2.98. The summed E-state index contributed by atoms with van der Waals surface area (Å²) in [5.74, 6) is -0.165. The molecule has 2 heterocycles. The van der Waals surface area contributed by atoms with E-state index in [0.29, 0.717) is 6.42 Å². The Morgan fingerprint density at radius 1 is 1.40 bits per heavy atom. The van der Waals surface area contributed by atoms with Crippen molar-refractivity contribution in [1.82, 2.24) is 14.8 Å². The Labute approximate surface area is 121 Å². The molecule has 0 N–H and O–H groups in total. The van der Waals surface area contributed by atoms with E-state index in [2.05, 4.69) is 10.2 Å². The van der Waals surface area contributed by atoms with E-state index in [9.17, 15) is 4.79 Å². The molecule has 2 aromatic rings. The lowest BCUT2D eigenvalue weighted by Crippen LogP contribution is -2.11. The summed E-state index contributed by atoms with van der Waals surface area (Å²) < 4.78 is 7.09. The van der Waals surface area contributed by atoms with Gasteiger partial charge >= 0.3 is 5.97 Å². The fourth-order valence-corrected chi connectivity index (χ4v) is 3.37. The molecule has 0 spiro atoms. The minimum absolute atomic E-state index is 0.0187. The fraction of sp³-hybridized carbons (Fsp3) is 0.357. The van der Waals surface area contributed by atoms with Crippen molar-refractivity contribution < 1.29 is 9.53 Å². The number of thioether (sulfide) groups is 1. The lowest BCUT2D eigenvalue weighted by molar-refractivity contribution is -0.140. The van der Waals surface area contributed by atoms with Crippen LogP contribution in [-0.2, 0) is 9.53 Å². The van der Waals surface area contributed by atoms with E-state index >= 15 is 0 Å². The summed E-state index contributed by atoms with van der Waals surface area (Å²) in [6.45, 7) is 3.94. The lowest BCUT2D eigenvalue weighted by atomic mass is 10.2. The maximum Gasteiger partial charge on any atom is 0.319 e. The summed E-state index contributed by atoms with van der Waals surface area (Å²) in [6, 6.07) is 8.02. The van der Waals surface area contributed by atoms with Crippen LogP contribution in [0.4, 0.5) is 0 Å². The highest BCUT2D eigenvalue weighted by Crippen LogP contribution is 2.32. The first-order valence-electron chi connectivity index (χ1n) is 6.48. The minimum Gasteiger partial charge on any atom is -0.462 e. The molecule has 1 aliphatic heterocycles. The Balaban J connectivity index is 1.88. The summed E-state index contributed by atoms with van der Waals surface area (Å²) in [5.41, 5.74) is 2.16. The van der Waals surface area contributed by atoms with Gasteiger partial charge in [-0.25, -0.2) is 0 Å². The van der Waals surface area contributed by atoms with Crippen molar-refractivity contribution >= 4 is 17.7 Å². The van der Waals surface area contributed by atoms with E-state index in [1.807, 2.05) is 42.7 Å². The molecule has 1 aromatic heterocycles. The molecule has 0 amide bonds. The van der Waals surface area contributed by atoms with E-state index in [0.717, 1.165) is 16.4 Å². The zero-order valence-corrected chi connectivity index (χ0v) is 12.1. The molecule has 0 radical (unpaired) electrons. The molecule has 0 unspecified atom stereocenters. The highest BCUT2D eigenvalue weighted by Gasteiger charge is 2.34. The van der Waals surface area contributed by atoms with E-state index < -0.39 is 0 Å². The third kappa shape index (κ3) is 2.43. The van der Waals surface area contributed by atoms with Crippen LogP contribution in [0, 0.1) is 6.92 Å². The number of esters is 1. The number of nitrogens with zero attached hydrogens (tertiary/aromatic N) is 3. The van der Waals surface area contributed by atoms with Crippen molar-refractivity contribution in [2.24, 2.45) is 0 Å². The number of cyclic esters (lactones) is 1. The van der Waals surface area contributed by atoms with E-state index in [1.165, 1.54) is 11.8 Å². The highest BCUT2D eigenvalue weighted by molar-refractivity contribution is 8.00. The van der Waals surface area contributed by atoms with Gasteiger partial charge in [0, 0.05) is 6.42 Å². The Bertz CT molecular complexity index is 641. The molecule has 1 saturated heterocycles. The number of hydrogen-bond donors (Lipinski definition) is 0. The molecule has 0 saturated carbocycles. The van der Waals surface area contributed by atoms with Gasteiger partial charge in [0.25, 0.3) is 0 Å². The summed E-state index contributed by atoms with van der Waals surface area (Å²) in [5, 5.41) is 8.61. The van der Waals surface area contributed by atoms with Crippen LogP contribution in [0.25, 0.3) is 5.69 Å². The molecular weight excluding hydrogens is 274 g/mol. The van der Waals surface area contributed by atoms with Gasteiger partial charge < -0.3 is 4.74 Å².